The third-order valence-corrected chi connectivity index (χ3v) is 3.51. The molecular weight excluding hydrogens is 244 g/mol. The Morgan fingerprint density at radius 2 is 2.12 bits per heavy atom. The molecule has 0 aliphatic carbocycles. The second kappa shape index (κ2) is 5.17. The monoisotopic (exact) mass is 260 g/mol. The minimum absolute atomic E-state index is 0.0650. The number of thiophene rings is 1. The van der Waals surface area contributed by atoms with Gasteiger partial charge in [0.15, 0.2) is 0 Å². The lowest BCUT2D eigenvalue weighted by Crippen LogP contribution is -2.51. The summed E-state index contributed by atoms with van der Waals surface area (Å²) in [7, 11) is 3.52. The average molecular weight is 261 g/mol. The van der Waals surface area contributed by atoms with Crippen LogP contribution in [0.3, 0.4) is 0 Å². The van der Waals surface area contributed by atoms with E-state index >= 15 is 0 Å². The van der Waals surface area contributed by atoms with E-state index in [-0.39, 0.29) is 5.91 Å². The van der Waals surface area contributed by atoms with Crippen LogP contribution in [0.4, 0.5) is 0 Å². The maximum absolute atomic E-state index is 11.8. The van der Waals surface area contributed by atoms with Crippen molar-refractivity contribution in [1.29, 1.82) is 0 Å². The summed E-state index contributed by atoms with van der Waals surface area (Å²) in [5.74, 6) is 0.0650. The van der Waals surface area contributed by atoms with Crippen molar-refractivity contribution in [2.75, 3.05) is 14.1 Å². The maximum atomic E-state index is 11.8. The highest BCUT2D eigenvalue weighted by molar-refractivity contribution is 7.16. The molecule has 1 N–H and O–H groups in total. The van der Waals surface area contributed by atoms with Gasteiger partial charge in [-0.05, 0) is 26.0 Å². The maximum Gasteiger partial charge on any atom is 0.241 e. The Labute approximate surface area is 105 Å². The summed E-state index contributed by atoms with van der Waals surface area (Å²) in [5.41, 5.74) is -0.556. The summed E-state index contributed by atoms with van der Waals surface area (Å²) < 4.78 is 0.772. The van der Waals surface area contributed by atoms with E-state index in [0.717, 1.165) is 9.21 Å². The van der Waals surface area contributed by atoms with Crippen LogP contribution in [-0.2, 0) is 11.3 Å². The van der Waals surface area contributed by atoms with Crippen molar-refractivity contribution in [3.8, 4) is 0 Å². The minimum atomic E-state index is -0.556. The van der Waals surface area contributed by atoms with Crippen LogP contribution in [-0.4, -0.2) is 30.4 Å². The zero-order valence-corrected chi connectivity index (χ0v) is 11.6. The molecule has 0 aromatic carbocycles. The van der Waals surface area contributed by atoms with Crippen molar-refractivity contribution >= 4 is 28.8 Å². The Morgan fingerprint density at radius 3 is 2.56 bits per heavy atom. The zero-order valence-electron chi connectivity index (χ0n) is 10.0. The lowest BCUT2D eigenvalue weighted by atomic mass is 10.0. The van der Waals surface area contributed by atoms with Gasteiger partial charge in [0.25, 0.3) is 0 Å². The normalized spacial score (nSPS) is 11.6. The molecule has 0 saturated carbocycles. The molecule has 1 rings (SSSR count). The van der Waals surface area contributed by atoms with Crippen molar-refractivity contribution in [1.82, 2.24) is 10.2 Å². The predicted octanol–water partition coefficient (Wildman–Crippen LogP) is 2.36. The molecule has 0 radical (unpaired) electrons. The topological polar surface area (TPSA) is 32.3 Å². The van der Waals surface area contributed by atoms with Gasteiger partial charge in [-0.25, -0.2) is 0 Å². The first-order valence-corrected chi connectivity index (χ1v) is 6.23. The molecule has 0 atom stereocenters. The zero-order chi connectivity index (χ0) is 12.3. The third-order valence-electron chi connectivity index (χ3n) is 2.27. The smallest absolute Gasteiger partial charge is 0.241 e. The van der Waals surface area contributed by atoms with Crippen LogP contribution in [0.1, 0.15) is 18.7 Å². The van der Waals surface area contributed by atoms with E-state index in [0.29, 0.717) is 6.54 Å². The summed E-state index contributed by atoms with van der Waals surface area (Å²) in [6.45, 7) is 4.42. The highest BCUT2D eigenvalue weighted by Crippen LogP contribution is 2.21. The van der Waals surface area contributed by atoms with Gasteiger partial charge in [-0.3, -0.25) is 10.1 Å². The van der Waals surface area contributed by atoms with E-state index in [1.54, 1.807) is 19.0 Å². The molecule has 0 bridgehead atoms. The lowest BCUT2D eigenvalue weighted by Gasteiger charge is -2.28. The number of amides is 1. The summed E-state index contributed by atoms with van der Waals surface area (Å²) in [6.07, 6.45) is 0. The van der Waals surface area contributed by atoms with Crippen molar-refractivity contribution < 1.29 is 4.79 Å². The van der Waals surface area contributed by atoms with Gasteiger partial charge in [0.05, 0.1) is 9.88 Å². The molecule has 16 heavy (non-hydrogen) atoms. The second-order valence-corrected chi connectivity index (χ2v) is 6.18. The summed E-state index contributed by atoms with van der Waals surface area (Å²) in [5, 5.41) is 3.23. The number of nitrogens with zero attached hydrogens (tertiary/aromatic N) is 1. The van der Waals surface area contributed by atoms with E-state index in [4.69, 9.17) is 11.6 Å². The first-order valence-electron chi connectivity index (χ1n) is 5.04. The molecule has 0 spiro atoms. The Bertz CT molecular complexity index is 374. The van der Waals surface area contributed by atoms with Gasteiger partial charge in [-0.1, -0.05) is 11.6 Å². The molecule has 3 nitrogen and oxygen atoms in total. The molecule has 0 aliphatic heterocycles. The fourth-order valence-corrected chi connectivity index (χ4v) is 2.42. The van der Waals surface area contributed by atoms with Crippen molar-refractivity contribution in [2.45, 2.75) is 25.9 Å². The van der Waals surface area contributed by atoms with Crippen LogP contribution in [0.5, 0.6) is 0 Å². The first-order chi connectivity index (χ1) is 7.33. The van der Waals surface area contributed by atoms with E-state index in [2.05, 4.69) is 5.32 Å². The summed E-state index contributed by atoms with van der Waals surface area (Å²) in [4.78, 5) is 14.6. The molecule has 1 heterocycles. The van der Waals surface area contributed by atoms with Crippen LogP contribution in [0.2, 0.25) is 4.34 Å². The van der Waals surface area contributed by atoms with Gasteiger partial charge in [0, 0.05) is 25.5 Å². The van der Waals surface area contributed by atoms with Gasteiger partial charge >= 0.3 is 0 Å². The Hall–Kier alpha value is -0.580. The van der Waals surface area contributed by atoms with Gasteiger partial charge in [0.1, 0.15) is 0 Å². The van der Waals surface area contributed by atoms with E-state index < -0.39 is 5.54 Å². The highest BCUT2D eigenvalue weighted by Gasteiger charge is 2.28. The molecule has 90 valence electrons. The first kappa shape index (κ1) is 13.5. The van der Waals surface area contributed by atoms with E-state index in [1.807, 2.05) is 26.0 Å². The number of nitrogens with one attached hydrogen (secondary N) is 1. The fraction of sp³-hybridized carbons (Fsp3) is 0.545. The molecular formula is C11H17ClN2OS. The number of likely N-dealkylation sites (N-methyl/N-ethyl adjacent to an activating group) is 1. The van der Waals surface area contributed by atoms with Crippen molar-refractivity contribution in [3.63, 3.8) is 0 Å². The average Bonchev–Trinajstić information content (AvgIpc) is 2.60. The van der Waals surface area contributed by atoms with Crippen LogP contribution in [0.15, 0.2) is 12.1 Å². The van der Waals surface area contributed by atoms with Crippen LogP contribution < -0.4 is 5.32 Å². The van der Waals surface area contributed by atoms with Gasteiger partial charge in [-0.15, -0.1) is 11.3 Å². The number of rotatable bonds is 4. The fourth-order valence-electron chi connectivity index (χ4n) is 1.39. The number of hydrogen-bond acceptors (Lipinski definition) is 3. The Balaban J connectivity index is 2.57. The number of carbonyl (C=O) groups is 1. The molecule has 0 unspecified atom stereocenters. The molecule has 0 fully saturated rings. The van der Waals surface area contributed by atoms with Crippen LogP contribution in [0, 0.1) is 0 Å². The predicted molar refractivity (Wildman–Crippen MR) is 68.9 cm³/mol. The van der Waals surface area contributed by atoms with Crippen molar-refractivity contribution in [3.05, 3.63) is 21.3 Å². The molecule has 1 aromatic heterocycles. The lowest BCUT2D eigenvalue weighted by molar-refractivity contribution is -0.134. The Morgan fingerprint density at radius 1 is 1.50 bits per heavy atom. The van der Waals surface area contributed by atoms with Gasteiger partial charge < -0.3 is 4.90 Å². The third kappa shape index (κ3) is 3.47. The van der Waals surface area contributed by atoms with Crippen LogP contribution >= 0.6 is 22.9 Å². The standard InChI is InChI=1S/C11H17ClN2OS/c1-11(2,10(15)14(3)4)13-7-8-5-6-9(12)16-8/h5-6,13H,7H2,1-4H3. The number of halogens is 1. The second-order valence-electron chi connectivity index (χ2n) is 4.38. The Kier molecular flexibility index (Phi) is 4.35. The summed E-state index contributed by atoms with van der Waals surface area (Å²) in [6, 6.07) is 3.83. The van der Waals surface area contributed by atoms with Crippen LogP contribution in [0.25, 0.3) is 0 Å². The molecule has 0 saturated heterocycles. The number of hydrogen-bond donors (Lipinski definition) is 1. The van der Waals surface area contributed by atoms with Gasteiger partial charge in [0.2, 0.25) is 5.91 Å². The molecule has 1 aromatic rings. The quantitative estimate of drug-likeness (QED) is 0.902. The molecule has 1 amide bonds. The van der Waals surface area contributed by atoms with Gasteiger partial charge in [-0.2, -0.15) is 0 Å². The molecule has 5 heteroatoms. The SMILES string of the molecule is CN(C)C(=O)C(C)(C)NCc1ccc(Cl)s1. The van der Waals surface area contributed by atoms with Crippen molar-refractivity contribution in [2.24, 2.45) is 0 Å². The minimum Gasteiger partial charge on any atom is -0.347 e. The van der Waals surface area contributed by atoms with E-state index in [9.17, 15) is 4.79 Å². The van der Waals surface area contributed by atoms with E-state index in [1.165, 1.54) is 11.3 Å². The molecule has 0 aliphatic rings. The highest BCUT2D eigenvalue weighted by atomic mass is 35.5. The summed E-state index contributed by atoms with van der Waals surface area (Å²) >= 11 is 7.37. The largest absolute Gasteiger partial charge is 0.347 e. The number of carbonyl (C=O) groups excluding carboxylic acids is 1.